The Labute approximate surface area is 146 Å². The van der Waals surface area contributed by atoms with Crippen molar-refractivity contribution in [3.05, 3.63) is 48.2 Å². The van der Waals surface area contributed by atoms with Crippen molar-refractivity contribution in [3.63, 3.8) is 0 Å². The molecule has 0 aliphatic carbocycles. The molecule has 126 valence electrons. The van der Waals surface area contributed by atoms with Gasteiger partial charge in [0, 0.05) is 25.9 Å². The number of aliphatic hydroxyl groups excluding tert-OH is 1. The molecule has 25 heavy (non-hydrogen) atoms. The first-order chi connectivity index (χ1) is 12.3. The highest BCUT2D eigenvalue weighted by molar-refractivity contribution is 5.81. The van der Waals surface area contributed by atoms with Crippen LogP contribution in [0.2, 0.25) is 0 Å². The van der Waals surface area contributed by atoms with Crippen molar-refractivity contribution in [3.8, 4) is 11.9 Å². The molecule has 1 aliphatic rings. The minimum Gasteiger partial charge on any atom is -0.396 e. The summed E-state index contributed by atoms with van der Waals surface area (Å²) < 4.78 is 1.97. The molecule has 1 aromatic carbocycles. The number of aliphatic hydroxyl groups is 1. The van der Waals surface area contributed by atoms with Gasteiger partial charge in [0.05, 0.1) is 16.6 Å². The SMILES string of the molecule is N#Cc1cccnc1-n1c(N2CCC[C@@H](CO)C2)nc2ccccc21. The number of aromatic nitrogens is 3. The Balaban J connectivity index is 1.91. The number of rotatable bonds is 3. The number of nitrogens with zero attached hydrogens (tertiary/aromatic N) is 5. The number of hydrogen-bond donors (Lipinski definition) is 1. The lowest BCUT2D eigenvalue weighted by atomic mass is 9.99. The Morgan fingerprint density at radius 3 is 2.96 bits per heavy atom. The number of piperidine rings is 1. The second-order valence-corrected chi connectivity index (χ2v) is 6.36. The van der Waals surface area contributed by atoms with E-state index >= 15 is 0 Å². The summed E-state index contributed by atoms with van der Waals surface area (Å²) in [4.78, 5) is 11.5. The molecule has 1 atom stereocenters. The zero-order valence-corrected chi connectivity index (χ0v) is 13.8. The van der Waals surface area contributed by atoms with Crippen LogP contribution in [0.1, 0.15) is 18.4 Å². The van der Waals surface area contributed by atoms with Gasteiger partial charge in [-0.1, -0.05) is 12.1 Å². The Bertz CT molecular complexity index is 942. The molecular formula is C19H19N5O. The van der Waals surface area contributed by atoms with Crippen LogP contribution in [0.25, 0.3) is 16.9 Å². The topological polar surface area (TPSA) is 78.0 Å². The van der Waals surface area contributed by atoms with E-state index < -0.39 is 0 Å². The fourth-order valence-electron chi connectivity index (χ4n) is 3.49. The highest BCUT2D eigenvalue weighted by Gasteiger charge is 2.25. The fraction of sp³-hybridized carbons (Fsp3) is 0.316. The van der Waals surface area contributed by atoms with Crippen LogP contribution in [0.5, 0.6) is 0 Å². The van der Waals surface area contributed by atoms with Crippen LogP contribution in [0.15, 0.2) is 42.6 Å². The summed E-state index contributed by atoms with van der Waals surface area (Å²) in [6.45, 7) is 1.83. The molecule has 0 saturated carbocycles. The summed E-state index contributed by atoms with van der Waals surface area (Å²) in [6.07, 6.45) is 3.74. The lowest BCUT2D eigenvalue weighted by Crippen LogP contribution is -2.38. The van der Waals surface area contributed by atoms with Crippen molar-refractivity contribution in [2.75, 3.05) is 24.6 Å². The second kappa shape index (κ2) is 6.54. The predicted octanol–water partition coefficient (Wildman–Crippen LogP) is 2.50. The first-order valence-corrected chi connectivity index (χ1v) is 8.50. The smallest absolute Gasteiger partial charge is 0.212 e. The van der Waals surface area contributed by atoms with Gasteiger partial charge < -0.3 is 10.0 Å². The molecule has 0 radical (unpaired) electrons. The van der Waals surface area contributed by atoms with E-state index in [1.54, 1.807) is 18.3 Å². The molecule has 1 fully saturated rings. The van der Waals surface area contributed by atoms with E-state index in [1.807, 2.05) is 28.8 Å². The highest BCUT2D eigenvalue weighted by atomic mass is 16.3. The summed E-state index contributed by atoms with van der Waals surface area (Å²) in [5, 5.41) is 19.1. The third-order valence-electron chi connectivity index (χ3n) is 4.72. The third-order valence-corrected chi connectivity index (χ3v) is 4.72. The van der Waals surface area contributed by atoms with Gasteiger partial charge in [0.15, 0.2) is 5.82 Å². The third kappa shape index (κ3) is 2.73. The first kappa shape index (κ1) is 15.6. The zero-order chi connectivity index (χ0) is 17.2. The molecule has 4 rings (SSSR count). The predicted molar refractivity (Wildman–Crippen MR) is 95.6 cm³/mol. The lowest BCUT2D eigenvalue weighted by Gasteiger charge is -2.32. The number of hydrogen-bond acceptors (Lipinski definition) is 5. The summed E-state index contributed by atoms with van der Waals surface area (Å²) in [7, 11) is 0. The van der Waals surface area contributed by atoms with Gasteiger partial charge in [0.1, 0.15) is 6.07 Å². The largest absolute Gasteiger partial charge is 0.396 e. The molecular weight excluding hydrogens is 314 g/mol. The maximum absolute atomic E-state index is 9.55. The van der Waals surface area contributed by atoms with Crippen LogP contribution in [0.4, 0.5) is 5.95 Å². The average molecular weight is 333 g/mol. The molecule has 0 spiro atoms. The van der Waals surface area contributed by atoms with Crippen molar-refractivity contribution in [1.82, 2.24) is 14.5 Å². The van der Waals surface area contributed by atoms with Gasteiger partial charge in [-0.15, -0.1) is 0 Å². The molecule has 2 aromatic heterocycles. The monoisotopic (exact) mass is 333 g/mol. The lowest BCUT2D eigenvalue weighted by molar-refractivity contribution is 0.208. The van der Waals surface area contributed by atoms with E-state index in [0.717, 1.165) is 42.9 Å². The first-order valence-electron chi connectivity index (χ1n) is 8.50. The van der Waals surface area contributed by atoms with Crippen LogP contribution in [-0.4, -0.2) is 39.3 Å². The van der Waals surface area contributed by atoms with Crippen molar-refractivity contribution < 1.29 is 5.11 Å². The average Bonchev–Trinajstić information content (AvgIpc) is 3.07. The second-order valence-electron chi connectivity index (χ2n) is 6.36. The Morgan fingerprint density at radius 2 is 2.12 bits per heavy atom. The highest BCUT2D eigenvalue weighted by Crippen LogP contribution is 2.30. The van der Waals surface area contributed by atoms with Gasteiger partial charge in [-0.2, -0.15) is 5.26 Å². The van der Waals surface area contributed by atoms with E-state index in [1.165, 1.54) is 0 Å². The summed E-state index contributed by atoms with van der Waals surface area (Å²) >= 11 is 0. The molecule has 3 aromatic rings. The molecule has 0 unspecified atom stereocenters. The summed E-state index contributed by atoms with van der Waals surface area (Å²) in [6, 6.07) is 13.7. The van der Waals surface area contributed by atoms with Crippen molar-refractivity contribution >= 4 is 17.0 Å². The van der Waals surface area contributed by atoms with Crippen molar-refractivity contribution in [2.45, 2.75) is 12.8 Å². The normalized spacial score (nSPS) is 17.6. The number of para-hydroxylation sites is 2. The molecule has 0 amide bonds. The standard InChI is InChI=1S/C19H19N5O/c20-11-15-6-3-9-21-18(15)24-17-8-2-1-7-16(17)22-19(24)23-10-4-5-14(12-23)13-25/h1-3,6-9,14,25H,4-5,10,12-13H2/t14-/m1/s1. The molecule has 1 aliphatic heterocycles. The van der Waals surface area contributed by atoms with Crippen molar-refractivity contribution in [1.29, 1.82) is 5.26 Å². The number of nitriles is 1. The van der Waals surface area contributed by atoms with E-state index in [2.05, 4.69) is 16.0 Å². The molecule has 1 saturated heterocycles. The molecule has 6 nitrogen and oxygen atoms in total. The molecule has 1 N–H and O–H groups in total. The number of pyridine rings is 1. The van der Waals surface area contributed by atoms with E-state index in [4.69, 9.17) is 4.98 Å². The van der Waals surface area contributed by atoms with E-state index in [9.17, 15) is 10.4 Å². The summed E-state index contributed by atoms with van der Waals surface area (Å²) in [5.74, 6) is 1.63. The van der Waals surface area contributed by atoms with Crippen LogP contribution in [0.3, 0.4) is 0 Å². The fourth-order valence-corrected chi connectivity index (χ4v) is 3.49. The maximum Gasteiger partial charge on any atom is 0.212 e. The molecule has 0 bridgehead atoms. The van der Waals surface area contributed by atoms with Crippen molar-refractivity contribution in [2.24, 2.45) is 5.92 Å². The van der Waals surface area contributed by atoms with Gasteiger partial charge in [0.2, 0.25) is 5.95 Å². The van der Waals surface area contributed by atoms with E-state index in [-0.39, 0.29) is 12.5 Å². The zero-order valence-electron chi connectivity index (χ0n) is 13.8. The number of fused-ring (bicyclic) bond motifs is 1. The van der Waals surface area contributed by atoms with E-state index in [0.29, 0.717) is 11.4 Å². The minimum atomic E-state index is 0.184. The Kier molecular flexibility index (Phi) is 4.08. The molecule has 3 heterocycles. The quantitative estimate of drug-likeness (QED) is 0.797. The summed E-state index contributed by atoms with van der Waals surface area (Å²) in [5.41, 5.74) is 2.32. The van der Waals surface area contributed by atoms with Gasteiger partial charge in [-0.25, -0.2) is 9.97 Å². The van der Waals surface area contributed by atoms with Gasteiger partial charge in [0.25, 0.3) is 0 Å². The number of benzene rings is 1. The van der Waals surface area contributed by atoms with Crippen LogP contribution >= 0.6 is 0 Å². The van der Waals surface area contributed by atoms with Gasteiger partial charge in [-0.3, -0.25) is 4.57 Å². The van der Waals surface area contributed by atoms with Crippen LogP contribution in [-0.2, 0) is 0 Å². The Morgan fingerprint density at radius 1 is 1.24 bits per heavy atom. The molecule has 6 heteroatoms. The Hall–Kier alpha value is -2.91. The van der Waals surface area contributed by atoms with Gasteiger partial charge >= 0.3 is 0 Å². The number of anilines is 1. The van der Waals surface area contributed by atoms with Crippen LogP contribution < -0.4 is 4.90 Å². The minimum absolute atomic E-state index is 0.184. The van der Waals surface area contributed by atoms with Crippen LogP contribution in [0, 0.1) is 17.2 Å². The maximum atomic E-state index is 9.55. The van der Waals surface area contributed by atoms with Gasteiger partial charge in [-0.05, 0) is 43.0 Å². The number of imidazole rings is 1.